The second-order valence-corrected chi connectivity index (χ2v) is 7.20. The van der Waals surface area contributed by atoms with Gasteiger partial charge >= 0.3 is 0 Å². The highest BCUT2D eigenvalue weighted by Crippen LogP contribution is 2.41. The van der Waals surface area contributed by atoms with Crippen LogP contribution in [0.1, 0.15) is 27.7 Å². The fourth-order valence-corrected chi connectivity index (χ4v) is 3.92. The summed E-state index contributed by atoms with van der Waals surface area (Å²) in [5.74, 6) is -1.38. The lowest BCUT2D eigenvalue weighted by Gasteiger charge is -2.27. The molecule has 1 aromatic heterocycles. The predicted molar refractivity (Wildman–Crippen MR) is 104 cm³/mol. The number of aromatic hydroxyl groups is 1. The molecule has 0 spiro atoms. The molecule has 1 aromatic carbocycles. The Balaban J connectivity index is 2.07. The number of phenols is 1. The van der Waals surface area contributed by atoms with Crippen LogP contribution in [0.15, 0.2) is 47.0 Å². The van der Waals surface area contributed by atoms with E-state index in [0.717, 1.165) is 0 Å². The van der Waals surface area contributed by atoms with Crippen LogP contribution in [0.3, 0.4) is 0 Å². The number of aliphatic hydroxyl groups is 1. The Kier molecular flexibility index (Phi) is 6.01. The van der Waals surface area contributed by atoms with E-state index in [-0.39, 0.29) is 17.1 Å². The number of carbonyl (C=O) groups is 2. The number of aliphatic hydroxyl groups excluding tert-OH is 1. The minimum atomic E-state index is -0.784. The van der Waals surface area contributed by atoms with Crippen molar-refractivity contribution in [1.29, 1.82) is 0 Å². The van der Waals surface area contributed by atoms with Crippen molar-refractivity contribution in [2.45, 2.75) is 12.5 Å². The second kappa shape index (κ2) is 8.45. The minimum Gasteiger partial charge on any atom is -0.504 e. The molecule has 1 aliphatic rings. The van der Waals surface area contributed by atoms with Gasteiger partial charge in [0.15, 0.2) is 17.3 Å². The van der Waals surface area contributed by atoms with E-state index >= 15 is 0 Å². The molecule has 0 radical (unpaired) electrons. The number of carbonyl (C=O) groups excluding carboxylic acids is 2. The Labute approximate surface area is 166 Å². The molecule has 1 amide bonds. The number of benzene rings is 1. The standard InChI is InChI=1S/C20H21NO6S/c1-26-9-4-8-21-17(12-6-7-13(22)14(11-12)27-2)16(19(24)20(21)25)18(23)15-5-3-10-28-15/h3,5-7,10-11,17,22,24H,4,8-9H2,1-2H3/t17-/m1/s1. The van der Waals surface area contributed by atoms with Crippen LogP contribution in [0, 0.1) is 0 Å². The van der Waals surface area contributed by atoms with Gasteiger partial charge in [-0.15, -0.1) is 11.3 Å². The molecule has 0 aliphatic carbocycles. The van der Waals surface area contributed by atoms with Crippen LogP contribution in [0.4, 0.5) is 0 Å². The zero-order valence-electron chi connectivity index (χ0n) is 15.5. The van der Waals surface area contributed by atoms with Gasteiger partial charge in [0.25, 0.3) is 5.91 Å². The van der Waals surface area contributed by atoms with E-state index in [4.69, 9.17) is 9.47 Å². The highest BCUT2D eigenvalue weighted by atomic mass is 32.1. The van der Waals surface area contributed by atoms with Gasteiger partial charge in [0, 0.05) is 20.3 Å². The molecule has 0 saturated heterocycles. The lowest BCUT2D eigenvalue weighted by molar-refractivity contribution is -0.129. The van der Waals surface area contributed by atoms with Gasteiger partial charge < -0.3 is 24.6 Å². The summed E-state index contributed by atoms with van der Waals surface area (Å²) in [7, 11) is 2.98. The molecule has 8 heteroatoms. The van der Waals surface area contributed by atoms with Gasteiger partial charge in [-0.25, -0.2) is 0 Å². The van der Waals surface area contributed by atoms with Gasteiger partial charge in [0.2, 0.25) is 5.78 Å². The smallest absolute Gasteiger partial charge is 0.290 e. The largest absolute Gasteiger partial charge is 0.504 e. The molecule has 28 heavy (non-hydrogen) atoms. The average Bonchev–Trinajstić information content (AvgIpc) is 3.31. The first-order chi connectivity index (χ1) is 13.5. The number of Topliss-reactive ketones (excluding diaryl/α,β-unsaturated/α-hetero) is 1. The SMILES string of the molecule is COCCCN1C(=O)C(O)=C(C(=O)c2cccs2)[C@H]1c1ccc(O)c(OC)c1. The molecule has 2 N–H and O–H groups in total. The number of thiophene rings is 1. The fourth-order valence-electron chi connectivity index (χ4n) is 3.25. The van der Waals surface area contributed by atoms with Gasteiger partial charge in [0.05, 0.1) is 23.6 Å². The number of rotatable bonds is 8. The lowest BCUT2D eigenvalue weighted by atomic mass is 9.95. The van der Waals surface area contributed by atoms with Crippen LogP contribution < -0.4 is 4.74 Å². The first-order valence-electron chi connectivity index (χ1n) is 8.67. The number of ether oxygens (including phenoxy) is 2. The van der Waals surface area contributed by atoms with Gasteiger partial charge in [-0.05, 0) is 35.6 Å². The molecule has 7 nitrogen and oxygen atoms in total. The zero-order chi connectivity index (χ0) is 20.3. The summed E-state index contributed by atoms with van der Waals surface area (Å²) in [5, 5.41) is 22.2. The van der Waals surface area contributed by atoms with Crippen molar-refractivity contribution in [1.82, 2.24) is 4.90 Å². The molecule has 0 fully saturated rings. The predicted octanol–water partition coefficient (Wildman–Crippen LogP) is 3.08. The summed E-state index contributed by atoms with van der Waals surface area (Å²) in [4.78, 5) is 27.7. The molecule has 2 aromatic rings. The van der Waals surface area contributed by atoms with Crippen LogP contribution in [0.5, 0.6) is 11.5 Å². The second-order valence-electron chi connectivity index (χ2n) is 6.25. The first-order valence-corrected chi connectivity index (χ1v) is 9.55. The van der Waals surface area contributed by atoms with Crippen LogP contribution >= 0.6 is 11.3 Å². The zero-order valence-corrected chi connectivity index (χ0v) is 16.4. The average molecular weight is 403 g/mol. The molecule has 0 bridgehead atoms. The number of nitrogens with zero attached hydrogens (tertiary/aromatic N) is 1. The Morgan fingerprint density at radius 1 is 1.25 bits per heavy atom. The fraction of sp³-hybridized carbons (Fsp3) is 0.300. The van der Waals surface area contributed by atoms with Gasteiger partial charge in [-0.2, -0.15) is 0 Å². The van der Waals surface area contributed by atoms with Crippen molar-refractivity contribution in [2.75, 3.05) is 27.4 Å². The van der Waals surface area contributed by atoms with Crippen molar-refractivity contribution in [2.24, 2.45) is 0 Å². The maximum absolute atomic E-state index is 13.1. The van der Waals surface area contributed by atoms with E-state index in [1.807, 2.05) is 0 Å². The summed E-state index contributed by atoms with van der Waals surface area (Å²) >= 11 is 1.24. The highest BCUT2D eigenvalue weighted by molar-refractivity contribution is 7.12. The van der Waals surface area contributed by atoms with Crippen molar-refractivity contribution < 1.29 is 29.3 Å². The third-order valence-electron chi connectivity index (χ3n) is 4.56. The van der Waals surface area contributed by atoms with E-state index in [2.05, 4.69) is 0 Å². The first kappa shape index (κ1) is 19.9. The summed E-state index contributed by atoms with van der Waals surface area (Å²) in [5.41, 5.74) is 0.585. The van der Waals surface area contributed by atoms with Crippen molar-refractivity contribution >= 4 is 23.0 Å². The van der Waals surface area contributed by atoms with E-state index in [1.165, 1.54) is 29.4 Å². The Morgan fingerprint density at radius 2 is 2.04 bits per heavy atom. The number of ketones is 1. The third kappa shape index (κ3) is 3.61. The third-order valence-corrected chi connectivity index (χ3v) is 5.43. The normalized spacial score (nSPS) is 16.7. The highest BCUT2D eigenvalue weighted by Gasteiger charge is 2.43. The van der Waals surface area contributed by atoms with Crippen LogP contribution in [-0.2, 0) is 9.53 Å². The van der Waals surface area contributed by atoms with Gasteiger partial charge in [0.1, 0.15) is 0 Å². The Bertz CT molecular complexity index is 905. The lowest BCUT2D eigenvalue weighted by Crippen LogP contribution is -2.32. The number of hydrogen-bond acceptors (Lipinski definition) is 7. The van der Waals surface area contributed by atoms with E-state index in [0.29, 0.717) is 30.0 Å². The molecule has 1 atom stereocenters. The Hall–Kier alpha value is -2.84. The van der Waals surface area contributed by atoms with Crippen LogP contribution in [-0.4, -0.2) is 54.2 Å². The van der Waals surface area contributed by atoms with E-state index in [1.54, 1.807) is 36.8 Å². The van der Waals surface area contributed by atoms with Gasteiger partial charge in [-0.3, -0.25) is 9.59 Å². The monoisotopic (exact) mass is 403 g/mol. The maximum atomic E-state index is 13.1. The molecule has 148 valence electrons. The van der Waals surface area contributed by atoms with Crippen LogP contribution in [0.25, 0.3) is 0 Å². The van der Waals surface area contributed by atoms with E-state index in [9.17, 15) is 19.8 Å². The molecule has 0 saturated carbocycles. The summed E-state index contributed by atoms with van der Waals surface area (Å²) in [6.45, 7) is 0.732. The Morgan fingerprint density at radius 3 is 2.68 bits per heavy atom. The number of amides is 1. The molecule has 0 unspecified atom stereocenters. The summed E-state index contributed by atoms with van der Waals surface area (Å²) < 4.78 is 10.2. The van der Waals surface area contributed by atoms with Crippen molar-refractivity contribution in [3.8, 4) is 11.5 Å². The van der Waals surface area contributed by atoms with Crippen molar-refractivity contribution in [3.05, 3.63) is 57.5 Å². The van der Waals surface area contributed by atoms with Gasteiger partial charge in [-0.1, -0.05) is 12.1 Å². The summed E-state index contributed by atoms with van der Waals surface area (Å²) in [6.07, 6.45) is 0.543. The van der Waals surface area contributed by atoms with Crippen LogP contribution in [0.2, 0.25) is 0 Å². The molecular formula is C20H21NO6S. The molecule has 3 rings (SSSR count). The number of hydrogen-bond donors (Lipinski definition) is 2. The summed E-state index contributed by atoms with van der Waals surface area (Å²) in [6, 6.07) is 7.22. The minimum absolute atomic E-state index is 0.0256. The van der Waals surface area contributed by atoms with Crippen molar-refractivity contribution in [3.63, 3.8) is 0 Å². The number of methoxy groups -OCH3 is 2. The topological polar surface area (TPSA) is 96.3 Å². The molecule has 2 heterocycles. The number of phenolic OH excluding ortho intramolecular Hbond substituents is 1. The molecule has 1 aliphatic heterocycles. The molecular weight excluding hydrogens is 382 g/mol. The quantitative estimate of drug-likeness (QED) is 0.519. The van der Waals surface area contributed by atoms with E-state index < -0.39 is 23.5 Å². The maximum Gasteiger partial charge on any atom is 0.290 e.